The summed E-state index contributed by atoms with van der Waals surface area (Å²) >= 11 is 1.22. The fourth-order valence-electron chi connectivity index (χ4n) is 3.81. The molecular weight excluding hydrogens is 466 g/mol. The quantitative estimate of drug-likeness (QED) is 0.349. The first-order valence-corrected chi connectivity index (χ1v) is 11.7. The van der Waals surface area contributed by atoms with E-state index in [2.05, 4.69) is 15.5 Å². The third kappa shape index (κ3) is 4.19. The predicted octanol–water partition coefficient (Wildman–Crippen LogP) is 3.78. The molecule has 10 heteroatoms. The molecule has 0 fully saturated rings. The Bertz CT molecular complexity index is 1600. The first-order valence-electron chi connectivity index (χ1n) is 10.7. The highest BCUT2D eigenvalue weighted by atomic mass is 32.2. The number of carbonyl (C=O) groups excluding carboxylic acids is 1. The molecule has 0 saturated carbocycles. The number of rotatable bonds is 7. The highest BCUT2D eigenvalue weighted by Gasteiger charge is 2.19. The summed E-state index contributed by atoms with van der Waals surface area (Å²) in [6.07, 6.45) is 0. The van der Waals surface area contributed by atoms with Crippen molar-refractivity contribution in [3.8, 4) is 17.2 Å². The third-order valence-electron chi connectivity index (χ3n) is 5.42. The maximum Gasteiger partial charge on any atom is 0.267 e. The number of hydrogen-bond donors (Lipinski definition) is 1. The van der Waals surface area contributed by atoms with Crippen LogP contribution in [0.5, 0.6) is 11.5 Å². The van der Waals surface area contributed by atoms with Gasteiger partial charge in [-0.05, 0) is 36.4 Å². The minimum atomic E-state index is -0.251. The molecule has 0 bridgehead atoms. The Morgan fingerprint density at radius 3 is 2.51 bits per heavy atom. The van der Waals surface area contributed by atoms with Gasteiger partial charge in [0.05, 0.1) is 42.3 Å². The van der Waals surface area contributed by atoms with Gasteiger partial charge in [-0.2, -0.15) is 0 Å². The van der Waals surface area contributed by atoms with Crippen LogP contribution < -0.4 is 20.3 Å². The van der Waals surface area contributed by atoms with Gasteiger partial charge < -0.3 is 14.8 Å². The first-order chi connectivity index (χ1) is 17.1. The lowest BCUT2D eigenvalue weighted by Crippen LogP contribution is -2.21. The first kappa shape index (κ1) is 22.5. The fourth-order valence-corrected chi connectivity index (χ4v) is 4.55. The standard InChI is InChI=1S/C25H21N5O4S/c1-33-17-12-13-21(34-2)19(14-17)26-22(31)15-35-25-28-27-24-29(16-8-4-3-5-9-16)23(32)18-10-6-7-11-20(18)30(24)25/h3-14H,15H2,1-2H3,(H,26,31). The molecule has 0 aliphatic rings. The van der Waals surface area contributed by atoms with Crippen molar-refractivity contribution < 1.29 is 14.3 Å². The summed E-state index contributed by atoms with van der Waals surface area (Å²) in [6, 6.07) is 21.7. The van der Waals surface area contributed by atoms with E-state index in [1.165, 1.54) is 23.4 Å². The van der Waals surface area contributed by atoms with Crippen molar-refractivity contribution in [2.75, 3.05) is 25.3 Å². The van der Waals surface area contributed by atoms with Crippen molar-refractivity contribution in [2.45, 2.75) is 5.16 Å². The maximum atomic E-state index is 13.3. The zero-order chi connectivity index (χ0) is 24.4. The molecule has 0 aliphatic carbocycles. The second kappa shape index (κ2) is 9.51. The van der Waals surface area contributed by atoms with Gasteiger partial charge in [-0.25, -0.2) is 4.57 Å². The van der Waals surface area contributed by atoms with Crippen molar-refractivity contribution in [3.63, 3.8) is 0 Å². The van der Waals surface area contributed by atoms with Crippen LogP contribution in [0.15, 0.2) is 82.7 Å². The number of carbonyl (C=O) groups is 1. The highest BCUT2D eigenvalue weighted by Crippen LogP contribution is 2.29. The summed E-state index contributed by atoms with van der Waals surface area (Å²) in [5.41, 5.74) is 1.67. The molecular formula is C25H21N5O4S. The van der Waals surface area contributed by atoms with Gasteiger partial charge in [-0.1, -0.05) is 42.1 Å². The SMILES string of the molecule is COc1ccc(OC)c(NC(=O)CSc2nnc3n(-c4ccccc4)c(=O)c4ccccc4n23)c1. The van der Waals surface area contributed by atoms with E-state index in [0.29, 0.717) is 44.7 Å². The number of aromatic nitrogens is 4. The number of amides is 1. The molecule has 35 heavy (non-hydrogen) atoms. The maximum absolute atomic E-state index is 13.3. The third-order valence-corrected chi connectivity index (χ3v) is 6.35. The van der Waals surface area contributed by atoms with Crippen LogP contribution in [0, 0.1) is 0 Å². The molecule has 1 N–H and O–H groups in total. The number of ether oxygens (including phenoxy) is 2. The molecule has 9 nitrogen and oxygen atoms in total. The summed E-state index contributed by atoms with van der Waals surface area (Å²) in [7, 11) is 3.09. The predicted molar refractivity (Wildman–Crippen MR) is 135 cm³/mol. The van der Waals surface area contributed by atoms with Crippen LogP contribution in [0.1, 0.15) is 0 Å². The Balaban J connectivity index is 1.50. The largest absolute Gasteiger partial charge is 0.497 e. The summed E-state index contributed by atoms with van der Waals surface area (Å²) < 4.78 is 13.9. The highest BCUT2D eigenvalue weighted by molar-refractivity contribution is 7.99. The molecule has 0 atom stereocenters. The lowest BCUT2D eigenvalue weighted by Gasteiger charge is -2.12. The Kier molecular flexibility index (Phi) is 6.11. The Morgan fingerprint density at radius 1 is 0.971 bits per heavy atom. The van der Waals surface area contributed by atoms with E-state index in [-0.39, 0.29) is 17.2 Å². The number of para-hydroxylation sites is 2. The van der Waals surface area contributed by atoms with Crippen molar-refractivity contribution >= 4 is 40.0 Å². The molecule has 0 spiro atoms. The average Bonchev–Trinajstić information content (AvgIpc) is 3.32. The summed E-state index contributed by atoms with van der Waals surface area (Å²) in [6.45, 7) is 0. The second-order valence-electron chi connectivity index (χ2n) is 7.51. The molecule has 0 aliphatic heterocycles. The van der Waals surface area contributed by atoms with Gasteiger partial charge >= 0.3 is 0 Å². The molecule has 3 aromatic carbocycles. The van der Waals surface area contributed by atoms with Gasteiger partial charge in [0.2, 0.25) is 11.7 Å². The van der Waals surface area contributed by atoms with Crippen LogP contribution in [-0.4, -0.2) is 45.0 Å². The van der Waals surface area contributed by atoms with E-state index in [4.69, 9.17) is 9.47 Å². The Hall–Kier alpha value is -4.31. The Labute approximate surface area is 204 Å². The zero-order valence-electron chi connectivity index (χ0n) is 19.0. The molecule has 5 aromatic rings. The minimum absolute atomic E-state index is 0.0694. The van der Waals surface area contributed by atoms with Crippen LogP contribution >= 0.6 is 11.8 Å². The van der Waals surface area contributed by atoms with Crippen LogP contribution in [0.4, 0.5) is 5.69 Å². The number of anilines is 1. The fraction of sp³-hybridized carbons (Fsp3) is 0.120. The lowest BCUT2D eigenvalue weighted by atomic mass is 10.2. The van der Waals surface area contributed by atoms with Crippen LogP contribution in [-0.2, 0) is 4.79 Å². The molecule has 1 amide bonds. The topological polar surface area (TPSA) is 99.8 Å². The number of hydrogen-bond acceptors (Lipinski definition) is 7. The van der Waals surface area contributed by atoms with Crippen molar-refractivity contribution in [1.29, 1.82) is 0 Å². The average molecular weight is 488 g/mol. The molecule has 0 radical (unpaired) electrons. The van der Waals surface area contributed by atoms with Gasteiger partial charge in [0.15, 0.2) is 5.16 Å². The zero-order valence-corrected chi connectivity index (χ0v) is 19.8. The van der Waals surface area contributed by atoms with Gasteiger partial charge in [0.1, 0.15) is 11.5 Å². The van der Waals surface area contributed by atoms with Crippen LogP contribution in [0.25, 0.3) is 22.4 Å². The molecule has 5 rings (SSSR count). The van der Waals surface area contributed by atoms with Crippen LogP contribution in [0.3, 0.4) is 0 Å². The van der Waals surface area contributed by atoms with E-state index in [1.54, 1.807) is 35.8 Å². The molecule has 0 saturated heterocycles. The number of thioether (sulfide) groups is 1. The lowest BCUT2D eigenvalue weighted by molar-refractivity contribution is -0.113. The number of benzene rings is 3. The van der Waals surface area contributed by atoms with E-state index < -0.39 is 0 Å². The van der Waals surface area contributed by atoms with Gasteiger partial charge in [-0.15, -0.1) is 10.2 Å². The summed E-state index contributed by atoms with van der Waals surface area (Å²) in [4.78, 5) is 26.1. The number of nitrogens with one attached hydrogen (secondary N) is 1. The molecule has 176 valence electrons. The number of fused-ring (bicyclic) bond motifs is 3. The smallest absolute Gasteiger partial charge is 0.267 e. The van der Waals surface area contributed by atoms with E-state index >= 15 is 0 Å². The van der Waals surface area contributed by atoms with E-state index in [0.717, 1.165) is 0 Å². The van der Waals surface area contributed by atoms with Crippen molar-refractivity contribution in [1.82, 2.24) is 19.2 Å². The molecule has 2 heterocycles. The minimum Gasteiger partial charge on any atom is -0.497 e. The van der Waals surface area contributed by atoms with E-state index in [1.807, 2.05) is 48.5 Å². The van der Waals surface area contributed by atoms with Crippen molar-refractivity contribution in [2.24, 2.45) is 0 Å². The van der Waals surface area contributed by atoms with Gasteiger partial charge in [0.25, 0.3) is 5.56 Å². The van der Waals surface area contributed by atoms with Gasteiger partial charge in [-0.3, -0.25) is 14.0 Å². The Morgan fingerprint density at radius 2 is 1.74 bits per heavy atom. The molecule has 2 aromatic heterocycles. The summed E-state index contributed by atoms with van der Waals surface area (Å²) in [5, 5.41) is 12.5. The van der Waals surface area contributed by atoms with E-state index in [9.17, 15) is 9.59 Å². The number of methoxy groups -OCH3 is 2. The normalized spacial score (nSPS) is 11.0. The monoisotopic (exact) mass is 487 g/mol. The van der Waals surface area contributed by atoms with Crippen LogP contribution in [0.2, 0.25) is 0 Å². The van der Waals surface area contributed by atoms with Gasteiger partial charge in [0, 0.05) is 6.07 Å². The molecule has 0 unspecified atom stereocenters. The summed E-state index contributed by atoms with van der Waals surface area (Å²) in [5.74, 6) is 1.31. The number of nitrogens with zero attached hydrogens (tertiary/aromatic N) is 4. The second-order valence-corrected chi connectivity index (χ2v) is 8.46. The van der Waals surface area contributed by atoms with Crippen molar-refractivity contribution in [3.05, 3.63) is 83.2 Å².